The molecule has 0 radical (unpaired) electrons. The second-order valence-corrected chi connectivity index (χ2v) is 4.01. The fourth-order valence-electron chi connectivity index (χ4n) is 1.56. The van der Waals surface area contributed by atoms with Crippen LogP contribution in [0.2, 0.25) is 0 Å². The van der Waals surface area contributed by atoms with Crippen molar-refractivity contribution in [1.29, 1.82) is 0 Å². The summed E-state index contributed by atoms with van der Waals surface area (Å²) in [6.45, 7) is 3.88. The third-order valence-corrected chi connectivity index (χ3v) is 2.43. The van der Waals surface area contributed by atoms with E-state index < -0.39 is 0 Å². The highest BCUT2D eigenvalue weighted by molar-refractivity contribution is 5.61. The number of benzene rings is 1. The normalized spacial score (nSPS) is 11.0. The molecule has 2 rings (SSSR count). The molecule has 3 nitrogen and oxygen atoms in total. The highest BCUT2D eigenvalue weighted by Crippen LogP contribution is 2.27. The third kappa shape index (κ3) is 1.91. The van der Waals surface area contributed by atoms with Gasteiger partial charge in [0.1, 0.15) is 5.82 Å². The van der Waals surface area contributed by atoms with Gasteiger partial charge in [-0.1, -0.05) is 19.0 Å². The van der Waals surface area contributed by atoms with Crippen molar-refractivity contribution in [3.63, 3.8) is 0 Å². The van der Waals surface area contributed by atoms with Crippen LogP contribution in [-0.2, 0) is 0 Å². The van der Waals surface area contributed by atoms with Crippen molar-refractivity contribution in [1.82, 2.24) is 5.16 Å². The van der Waals surface area contributed by atoms with Crippen LogP contribution in [0.5, 0.6) is 0 Å². The van der Waals surface area contributed by atoms with Crippen molar-refractivity contribution in [2.45, 2.75) is 19.8 Å². The Morgan fingerprint density at radius 1 is 1.31 bits per heavy atom. The molecule has 1 aromatic carbocycles. The van der Waals surface area contributed by atoms with E-state index in [1.54, 1.807) is 18.2 Å². The Morgan fingerprint density at radius 3 is 2.62 bits per heavy atom. The van der Waals surface area contributed by atoms with Gasteiger partial charge in [-0.25, -0.2) is 4.39 Å². The Balaban J connectivity index is 2.47. The maximum atomic E-state index is 13.5. The monoisotopic (exact) mass is 220 g/mol. The maximum absolute atomic E-state index is 13.5. The van der Waals surface area contributed by atoms with Gasteiger partial charge in [0.15, 0.2) is 11.6 Å². The van der Waals surface area contributed by atoms with Crippen LogP contribution in [0.4, 0.5) is 10.2 Å². The van der Waals surface area contributed by atoms with Gasteiger partial charge in [-0.3, -0.25) is 0 Å². The van der Waals surface area contributed by atoms with Gasteiger partial charge < -0.3 is 10.3 Å². The number of nitrogen functional groups attached to an aromatic ring is 1. The van der Waals surface area contributed by atoms with Crippen molar-refractivity contribution >= 4 is 5.82 Å². The average Bonchev–Trinajstić information content (AvgIpc) is 2.65. The summed E-state index contributed by atoms with van der Waals surface area (Å²) < 4.78 is 18.5. The predicted molar refractivity (Wildman–Crippen MR) is 60.4 cm³/mol. The van der Waals surface area contributed by atoms with Gasteiger partial charge in [-0.15, -0.1) is 0 Å². The van der Waals surface area contributed by atoms with E-state index >= 15 is 0 Å². The molecule has 0 spiro atoms. The van der Waals surface area contributed by atoms with E-state index in [4.69, 9.17) is 10.3 Å². The Hall–Kier alpha value is -1.84. The first-order valence-electron chi connectivity index (χ1n) is 5.10. The van der Waals surface area contributed by atoms with Crippen LogP contribution < -0.4 is 5.73 Å². The Morgan fingerprint density at radius 2 is 2.06 bits per heavy atom. The van der Waals surface area contributed by atoms with Crippen molar-refractivity contribution < 1.29 is 8.91 Å². The Labute approximate surface area is 93.1 Å². The van der Waals surface area contributed by atoms with E-state index in [9.17, 15) is 4.39 Å². The van der Waals surface area contributed by atoms with Gasteiger partial charge >= 0.3 is 0 Å². The molecule has 0 amide bonds. The summed E-state index contributed by atoms with van der Waals surface area (Å²) in [5.74, 6) is 0.802. The molecule has 0 unspecified atom stereocenters. The zero-order chi connectivity index (χ0) is 11.7. The molecule has 0 bridgehead atoms. The molecule has 1 heterocycles. The summed E-state index contributed by atoms with van der Waals surface area (Å²) >= 11 is 0. The standard InChI is InChI=1S/C12H13FN2O/c1-7(2)9-5-8(3-4-10(9)13)11-6-12(14)15-16-11/h3-7H,1-2H3,(H2,14,15). The largest absolute Gasteiger partial charge is 0.381 e. The van der Waals surface area contributed by atoms with E-state index in [-0.39, 0.29) is 11.7 Å². The first kappa shape index (κ1) is 10.7. The number of halogens is 1. The minimum absolute atomic E-state index is 0.125. The molecule has 2 N–H and O–H groups in total. The van der Waals surface area contributed by atoms with Crippen molar-refractivity contribution in [2.24, 2.45) is 0 Å². The molecule has 0 saturated heterocycles. The lowest BCUT2D eigenvalue weighted by atomic mass is 9.99. The molecule has 1 aromatic heterocycles. The second kappa shape index (κ2) is 3.96. The predicted octanol–water partition coefficient (Wildman–Crippen LogP) is 3.19. The van der Waals surface area contributed by atoms with Gasteiger partial charge in [-0.05, 0) is 29.7 Å². The quantitative estimate of drug-likeness (QED) is 0.845. The SMILES string of the molecule is CC(C)c1cc(-c2cc(N)no2)ccc1F. The Bertz CT molecular complexity index is 505. The smallest absolute Gasteiger partial charge is 0.169 e. The third-order valence-electron chi connectivity index (χ3n) is 2.43. The molecule has 0 atom stereocenters. The van der Waals surface area contributed by atoms with Crippen LogP contribution in [0.1, 0.15) is 25.3 Å². The van der Waals surface area contributed by atoms with Crippen molar-refractivity contribution in [3.8, 4) is 11.3 Å². The summed E-state index contributed by atoms with van der Waals surface area (Å²) in [5, 5.41) is 3.60. The average molecular weight is 220 g/mol. The molecule has 0 fully saturated rings. The fraction of sp³-hybridized carbons (Fsp3) is 0.250. The topological polar surface area (TPSA) is 52.0 Å². The zero-order valence-corrected chi connectivity index (χ0v) is 9.20. The molecule has 84 valence electrons. The van der Waals surface area contributed by atoms with Crippen LogP contribution >= 0.6 is 0 Å². The number of nitrogens with two attached hydrogens (primary N) is 1. The van der Waals surface area contributed by atoms with Gasteiger partial charge in [-0.2, -0.15) is 0 Å². The zero-order valence-electron chi connectivity index (χ0n) is 9.20. The highest BCUT2D eigenvalue weighted by atomic mass is 19.1. The summed E-state index contributed by atoms with van der Waals surface area (Å²) in [5.41, 5.74) is 6.91. The minimum atomic E-state index is -0.203. The molecule has 0 aliphatic rings. The summed E-state index contributed by atoms with van der Waals surface area (Å²) in [6, 6.07) is 6.47. The van der Waals surface area contributed by atoms with E-state index in [0.717, 1.165) is 5.56 Å². The molecule has 0 aliphatic carbocycles. The van der Waals surface area contributed by atoms with Crippen LogP contribution in [0.15, 0.2) is 28.8 Å². The van der Waals surface area contributed by atoms with E-state index in [0.29, 0.717) is 17.1 Å². The molecule has 0 aliphatic heterocycles. The van der Waals surface area contributed by atoms with Crippen LogP contribution in [0, 0.1) is 5.82 Å². The summed E-state index contributed by atoms with van der Waals surface area (Å²) in [4.78, 5) is 0. The van der Waals surface area contributed by atoms with Crippen LogP contribution in [0.25, 0.3) is 11.3 Å². The lowest BCUT2D eigenvalue weighted by Crippen LogP contribution is -1.93. The lowest BCUT2D eigenvalue weighted by Gasteiger charge is -2.07. The van der Waals surface area contributed by atoms with Crippen molar-refractivity contribution in [3.05, 3.63) is 35.6 Å². The van der Waals surface area contributed by atoms with Crippen molar-refractivity contribution in [2.75, 3.05) is 5.73 Å². The molecule has 2 aromatic rings. The van der Waals surface area contributed by atoms with Gasteiger partial charge in [0.05, 0.1) is 0 Å². The van der Waals surface area contributed by atoms with Gasteiger partial charge in [0, 0.05) is 11.6 Å². The number of hydrogen-bond donors (Lipinski definition) is 1. The van der Waals surface area contributed by atoms with Crippen LogP contribution in [-0.4, -0.2) is 5.16 Å². The van der Waals surface area contributed by atoms with Crippen LogP contribution in [0.3, 0.4) is 0 Å². The number of nitrogens with zero attached hydrogens (tertiary/aromatic N) is 1. The number of aromatic nitrogens is 1. The number of hydrogen-bond acceptors (Lipinski definition) is 3. The molecular formula is C12H13FN2O. The van der Waals surface area contributed by atoms with Gasteiger partial charge in [0.2, 0.25) is 0 Å². The highest BCUT2D eigenvalue weighted by Gasteiger charge is 2.11. The van der Waals surface area contributed by atoms with E-state index in [2.05, 4.69) is 5.16 Å². The van der Waals surface area contributed by atoms with E-state index in [1.165, 1.54) is 6.07 Å². The fourth-order valence-corrected chi connectivity index (χ4v) is 1.56. The first-order valence-corrected chi connectivity index (χ1v) is 5.10. The Kier molecular flexibility index (Phi) is 2.64. The maximum Gasteiger partial charge on any atom is 0.169 e. The van der Waals surface area contributed by atoms with Gasteiger partial charge in [0.25, 0.3) is 0 Å². The summed E-state index contributed by atoms with van der Waals surface area (Å²) in [7, 11) is 0. The number of anilines is 1. The lowest BCUT2D eigenvalue weighted by molar-refractivity contribution is 0.435. The number of rotatable bonds is 2. The minimum Gasteiger partial charge on any atom is -0.381 e. The summed E-state index contributed by atoms with van der Waals surface area (Å²) in [6.07, 6.45) is 0. The van der Waals surface area contributed by atoms with E-state index in [1.807, 2.05) is 13.8 Å². The molecule has 4 heteroatoms. The second-order valence-electron chi connectivity index (χ2n) is 4.01. The molecular weight excluding hydrogens is 207 g/mol. The molecule has 0 saturated carbocycles. The molecule has 16 heavy (non-hydrogen) atoms. The first-order chi connectivity index (χ1) is 7.58.